The zero-order chi connectivity index (χ0) is 18.5. The highest BCUT2D eigenvalue weighted by Crippen LogP contribution is 2.17. The maximum atomic E-state index is 13.5. The van der Waals surface area contributed by atoms with Crippen LogP contribution in [0.25, 0.3) is 0 Å². The van der Waals surface area contributed by atoms with Gasteiger partial charge in [0.05, 0.1) is 5.69 Å². The van der Waals surface area contributed by atoms with E-state index in [1.807, 2.05) is 0 Å². The van der Waals surface area contributed by atoms with Gasteiger partial charge in [-0.3, -0.25) is 9.89 Å². The number of aryl methyl sites for hydroxylation is 1. The number of benzene rings is 1. The van der Waals surface area contributed by atoms with Gasteiger partial charge in [0.1, 0.15) is 6.61 Å². The molecule has 0 aliphatic heterocycles. The number of likely N-dealkylation sites (N-methyl/N-ethyl adjacent to an activating group) is 1. The number of nitrogens with zero attached hydrogens (tertiary/aromatic N) is 4. The predicted octanol–water partition coefficient (Wildman–Crippen LogP) is 2.13. The van der Waals surface area contributed by atoms with Gasteiger partial charge in [0.25, 0.3) is 5.91 Å². The molecule has 0 radical (unpaired) electrons. The average Bonchev–Trinajstić information content (AvgIpc) is 3.27. The fourth-order valence-electron chi connectivity index (χ4n) is 2.27. The first kappa shape index (κ1) is 17.6. The minimum absolute atomic E-state index is 0.0765. The number of ether oxygens (including phenoxy) is 1. The van der Waals surface area contributed by atoms with E-state index >= 15 is 0 Å². The zero-order valence-electron chi connectivity index (χ0n) is 14.4. The molecule has 136 valence electrons. The van der Waals surface area contributed by atoms with Crippen LogP contribution in [-0.4, -0.2) is 44.7 Å². The van der Waals surface area contributed by atoms with Crippen molar-refractivity contribution in [3.8, 4) is 5.75 Å². The van der Waals surface area contributed by atoms with Gasteiger partial charge in [-0.05, 0) is 18.2 Å². The Morgan fingerprint density at radius 2 is 2.19 bits per heavy atom. The molecule has 0 fully saturated rings. The van der Waals surface area contributed by atoms with Crippen LogP contribution in [0.2, 0.25) is 0 Å². The normalized spacial score (nSPS) is 10.7. The number of hydrogen-bond donors (Lipinski definition) is 1. The largest absolute Gasteiger partial charge is 0.484 e. The molecule has 2 aromatic heterocycles. The number of para-hydroxylation sites is 1. The first-order valence-electron chi connectivity index (χ1n) is 7.99. The molecule has 0 bridgehead atoms. The Morgan fingerprint density at radius 1 is 1.38 bits per heavy atom. The van der Waals surface area contributed by atoms with Crippen LogP contribution in [0.15, 0.2) is 34.9 Å². The Bertz CT molecular complexity index is 892. The molecule has 2 heterocycles. The van der Waals surface area contributed by atoms with Crippen molar-refractivity contribution >= 4 is 5.91 Å². The number of aromatic amines is 1. The summed E-state index contributed by atoms with van der Waals surface area (Å²) >= 11 is 0. The minimum atomic E-state index is -0.445. The molecule has 0 aliphatic carbocycles. The zero-order valence-corrected chi connectivity index (χ0v) is 14.4. The van der Waals surface area contributed by atoms with Crippen molar-refractivity contribution in [3.05, 3.63) is 59.3 Å². The lowest BCUT2D eigenvalue weighted by molar-refractivity contribution is 0.0790. The first-order valence-corrected chi connectivity index (χ1v) is 7.99. The molecule has 1 N–H and O–H groups in total. The third kappa shape index (κ3) is 4.24. The fourth-order valence-corrected chi connectivity index (χ4v) is 2.27. The molecule has 1 amide bonds. The number of H-pyrrole nitrogens is 1. The summed E-state index contributed by atoms with van der Waals surface area (Å²) in [7, 11) is 1.67. The van der Waals surface area contributed by atoms with Crippen molar-refractivity contribution < 1.29 is 18.4 Å². The van der Waals surface area contributed by atoms with Crippen LogP contribution < -0.4 is 4.74 Å². The molecule has 1 aromatic carbocycles. The number of hydrogen-bond acceptors (Lipinski definition) is 6. The Morgan fingerprint density at radius 3 is 2.92 bits per heavy atom. The van der Waals surface area contributed by atoms with E-state index in [9.17, 15) is 9.18 Å². The molecule has 0 unspecified atom stereocenters. The quantitative estimate of drug-likeness (QED) is 0.694. The highest BCUT2D eigenvalue weighted by atomic mass is 19.1. The maximum Gasteiger partial charge on any atom is 0.274 e. The van der Waals surface area contributed by atoms with Gasteiger partial charge in [0, 0.05) is 26.9 Å². The number of nitrogens with one attached hydrogen (secondary N) is 1. The van der Waals surface area contributed by atoms with E-state index in [1.54, 1.807) is 32.2 Å². The number of halogens is 1. The average molecular weight is 359 g/mol. The van der Waals surface area contributed by atoms with E-state index in [1.165, 1.54) is 17.0 Å². The first-order chi connectivity index (χ1) is 12.5. The third-order valence-electron chi connectivity index (χ3n) is 3.66. The van der Waals surface area contributed by atoms with Crippen LogP contribution in [0, 0.1) is 12.7 Å². The van der Waals surface area contributed by atoms with Crippen molar-refractivity contribution in [2.45, 2.75) is 20.0 Å². The van der Waals surface area contributed by atoms with Crippen LogP contribution in [0.4, 0.5) is 4.39 Å². The lowest BCUT2D eigenvalue weighted by atomic mass is 10.3. The standard InChI is InChI=1S/C17H18FN5O3/c1-11-19-16(22-26-11)7-8-23(2)17(24)14-9-12(20-21-14)10-25-15-6-4-3-5-13(15)18/h3-6,9H,7-8,10H2,1-2H3,(H,20,21). The van der Waals surface area contributed by atoms with Crippen molar-refractivity contribution in [3.63, 3.8) is 0 Å². The van der Waals surface area contributed by atoms with Gasteiger partial charge in [0.2, 0.25) is 5.89 Å². The van der Waals surface area contributed by atoms with Crippen LogP contribution in [0.5, 0.6) is 5.75 Å². The summed E-state index contributed by atoms with van der Waals surface area (Å²) in [6, 6.07) is 7.70. The van der Waals surface area contributed by atoms with E-state index < -0.39 is 5.82 Å². The summed E-state index contributed by atoms with van der Waals surface area (Å²) in [5.41, 5.74) is 0.822. The number of carbonyl (C=O) groups excluding carboxylic acids is 1. The molecule has 8 nitrogen and oxygen atoms in total. The van der Waals surface area contributed by atoms with Crippen LogP contribution >= 0.6 is 0 Å². The van der Waals surface area contributed by atoms with Gasteiger partial charge in [-0.25, -0.2) is 4.39 Å². The highest BCUT2D eigenvalue weighted by molar-refractivity contribution is 5.92. The van der Waals surface area contributed by atoms with Crippen molar-refractivity contribution in [2.75, 3.05) is 13.6 Å². The van der Waals surface area contributed by atoms with E-state index in [2.05, 4.69) is 20.3 Å². The number of carbonyl (C=O) groups is 1. The van der Waals surface area contributed by atoms with Crippen LogP contribution in [-0.2, 0) is 13.0 Å². The van der Waals surface area contributed by atoms with Crippen molar-refractivity contribution in [1.82, 2.24) is 25.2 Å². The molecule has 3 aromatic rings. The van der Waals surface area contributed by atoms with Crippen molar-refractivity contribution in [2.24, 2.45) is 0 Å². The summed E-state index contributed by atoms with van der Waals surface area (Å²) in [5.74, 6) is 0.477. The molecule has 3 rings (SSSR count). The molecule has 0 spiro atoms. The van der Waals surface area contributed by atoms with Crippen LogP contribution in [0.3, 0.4) is 0 Å². The van der Waals surface area contributed by atoms with Gasteiger partial charge >= 0.3 is 0 Å². The molecule has 9 heteroatoms. The topological polar surface area (TPSA) is 97.1 Å². The highest BCUT2D eigenvalue weighted by Gasteiger charge is 2.16. The van der Waals surface area contributed by atoms with Gasteiger partial charge < -0.3 is 14.2 Å². The Labute approximate surface area is 149 Å². The summed E-state index contributed by atoms with van der Waals surface area (Å²) in [6.45, 7) is 2.21. The van der Waals surface area contributed by atoms with Gasteiger partial charge in [-0.2, -0.15) is 10.1 Å². The van der Waals surface area contributed by atoms with E-state index in [0.29, 0.717) is 30.4 Å². The summed E-state index contributed by atoms with van der Waals surface area (Å²) in [4.78, 5) is 18.0. The molecular formula is C17H18FN5O3. The second-order valence-corrected chi connectivity index (χ2v) is 5.70. The van der Waals surface area contributed by atoms with E-state index in [0.717, 1.165) is 0 Å². The maximum absolute atomic E-state index is 13.5. The van der Waals surface area contributed by atoms with Crippen molar-refractivity contribution in [1.29, 1.82) is 0 Å². The molecule has 0 saturated carbocycles. The second kappa shape index (κ2) is 7.77. The van der Waals surface area contributed by atoms with E-state index in [-0.39, 0.29) is 24.0 Å². The SMILES string of the molecule is Cc1nc(CCN(C)C(=O)c2cc(COc3ccccc3F)[nH]n2)no1. The Hall–Kier alpha value is -3.23. The van der Waals surface area contributed by atoms with Gasteiger partial charge in [-0.1, -0.05) is 17.3 Å². The lowest BCUT2D eigenvalue weighted by Crippen LogP contribution is -2.29. The summed E-state index contributed by atoms with van der Waals surface area (Å²) in [6.07, 6.45) is 0.479. The third-order valence-corrected chi connectivity index (χ3v) is 3.66. The molecule has 0 aliphatic rings. The monoisotopic (exact) mass is 359 g/mol. The summed E-state index contributed by atoms with van der Waals surface area (Å²) in [5, 5.41) is 10.5. The summed E-state index contributed by atoms with van der Waals surface area (Å²) < 4.78 is 23.8. The number of amides is 1. The molecule has 0 saturated heterocycles. The molecule has 0 atom stereocenters. The second-order valence-electron chi connectivity index (χ2n) is 5.70. The lowest BCUT2D eigenvalue weighted by Gasteiger charge is -2.14. The smallest absolute Gasteiger partial charge is 0.274 e. The van der Waals surface area contributed by atoms with E-state index in [4.69, 9.17) is 9.26 Å². The molecular weight excluding hydrogens is 341 g/mol. The fraction of sp³-hybridized carbons (Fsp3) is 0.294. The Balaban J connectivity index is 1.54. The predicted molar refractivity (Wildman–Crippen MR) is 89.0 cm³/mol. The molecule has 26 heavy (non-hydrogen) atoms. The number of rotatable bonds is 7. The van der Waals surface area contributed by atoms with Gasteiger partial charge in [0.15, 0.2) is 23.1 Å². The number of aromatic nitrogens is 4. The Kier molecular flexibility index (Phi) is 5.26. The van der Waals surface area contributed by atoms with Crippen LogP contribution in [0.1, 0.15) is 27.9 Å². The van der Waals surface area contributed by atoms with Gasteiger partial charge in [-0.15, -0.1) is 0 Å². The minimum Gasteiger partial charge on any atom is -0.484 e.